The summed E-state index contributed by atoms with van der Waals surface area (Å²) >= 11 is 5.51. The van der Waals surface area contributed by atoms with E-state index in [0.29, 0.717) is 6.07 Å². The van der Waals surface area contributed by atoms with Gasteiger partial charge in [-0.25, -0.2) is 0 Å². The van der Waals surface area contributed by atoms with Crippen LogP contribution in [-0.4, -0.2) is 30.8 Å². The fraction of sp³-hybridized carbons (Fsp3) is 0.308. The predicted molar refractivity (Wildman–Crippen MR) is 76.8 cm³/mol. The Balaban J connectivity index is 2.70. The molecule has 0 fully saturated rings. The molecule has 1 aromatic rings. The van der Waals surface area contributed by atoms with Crippen LogP contribution >= 0.6 is 11.6 Å². The fourth-order valence-corrected chi connectivity index (χ4v) is 1.71. The molecule has 3 N–H and O–H groups in total. The molecule has 0 saturated heterocycles. The van der Waals surface area contributed by atoms with Gasteiger partial charge in [0.15, 0.2) is 0 Å². The molecule has 0 aliphatic rings. The van der Waals surface area contributed by atoms with Gasteiger partial charge < -0.3 is 16.0 Å². The summed E-state index contributed by atoms with van der Waals surface area (Å²) in [4.78, 5) is 33.7. The van der Waals surface area contributed by atoms with Gasteiger partial charge in [0.1, 0.15) is 0 Å². The van der Waals surface area contributed by atoms with Crippen molar-refractivity contribution < 1.29 is 27.6 Å². The van der Waals surface area contributed by atoms with E-state index in [2.05, 4.69) is 10.6 Å². The van der Waals surface area contributed by atoms with Gasteiger partial charge >= 0.3 is 18.0 Å². The molecule has 0 aliphatic heterocycles. The third-order valence-electron chi connectivity index (χ3n) is 2.53. The number of carbonyl (C=O) groups is 3. The van der Waals surface area contributed by atoms with Crippen LogP contribution in [0.1, 0.15) is 12.5 Å². The number of carbonyl (C=O) groups excluding carboxylic acids is 3. The summed E-state index contributed by atoms with van der Waals surface area (Å²) in [5.41, 5.74) is -1.74. The van der Waals surface area contributed by atoms with Gasteiger partial charge in [0, 0.05) is 25.0 Å². The molecule has 0 aromatic heterocycles. The molecule has 0 aliphatic carbocycles. The highest BCUT2D eigenvalue weighted by atomic mass is 35.5. The van der Waals surface area contributed by atoms with Crippen molar-refractivity contribution in [2.24, 2.45) is 0 Å². The minimum Gasteiger partial charge on any atom is -0.355 e. The van der Waals surface area contributed by atoms with Crippen LogP contribution in [-0.2, 0) is 20.6 Å². The van der Waals surface area contributed by atoms with E-state index in [4.69, 9.17) is 11.6 Å². The molecule has 1 rings (SSSR count). The first-order valence-electron chi connectivity index (χ1n) is 6.31. The zero-order valence-corrected chi connectivity index (χ0v) is 12.6. The quantitative estimate of drug-likeness (QED) is 0.568. The highest BCUT2D eigenvalue weighted by Gasteiger charge is 2.34. The fourth-order valence-electron chi connectivity index (χ4n) is 1.53. The van der Waals surface area contributed by atoms with Gasteiger partial charge in [0.2, 0.25) is 5.91 Å². The molecule has 126 valence electrons. The Morgan fingerprint density at radius 3 is 2.26 bits per heavy atom. The maximum Gasteiger partial charge on any atom is 0.418 e. The van der Waals surface area contributed by atoms with Crippen molar-refractivity contribution >= 4 is 35.0 Å². The van der Waals surface area contributed by atoms with Crippen LogP contribution in [0, 0.1) is 0 Å². The van der Waals surface area contributed by atoms with Crippen LogP contribution < -0.4 is 16.0 Å². The van der Waals surface area contributed by atoms with Crippen molar-refractivity contribution in [2.45, 2.75) is 13.1 Å². The standard InChI is InChI=1S/C13H13ClF3N3O3/c1-7(21)18-4-5-19-11(22)12(23)20-10-3-2-8(14)6-9(10)13(15,16)17/h2-3,6H,4-5H2,1H3,(H,18,21)(H,19,22)(H,20,23). The van der Waals surface area contributed by atoms with E-state index in [9.17, 15) is 27.6 Å². The molecule has 3 amide bonds. The van der Waals surface area contributed by atoms with E-state index >= 15 is 0 Å². The second-order valence-corrected chi connectivity index (χ2v) is 4.82. The predicted octanol–water partition coefficient (Wildman–Crippen LogP) is 1.55. The average Bonchev–Trinajstić information content (AvgIpc) is 2.43. The van der Waals surface area contributed by atoms with Crippen LogP contribution in [0.5, 0.6) is 0 Å². The first-order chi connectivity index (χ1) is 10.6. The van der Waals surface area contributed by atoms with Crippen molar-refractivity contribution in [3.63, 3.8) is 0 Å². The molecule has 6 nitrogen and oxygen atoms in total. The van der Waals surface area contributed by atoms with E-state index in [1.165, 1.54) is 6.92 Å². The average molecular weight is 352 g/mol. The number of anilines is 1. The van der Waals surface area contributed by atoms with E-state index in [-0.39, 0.29) is 24.0 Å². The van der Waals surface area contributed by atoms with Crippen molar-refractivity contribution in [1.82, 2.24) is 10.6 Å². The monoisotopic (exact) mass is 351 g/mol. The van der Waals surface area contributed by atoms with Gasteiger partial charge in [0.05, 0.1) is 11.3 Å². The second-order valence-electron chi connectivity index (χ2n) is 4.38. The minimum atomic E-state index is -4.74. The Labute approximate surface area is 134 Å². The number of halogens is 4. The Hall–Kier alpha value is -2.29. The number of hydrogen-bond acceptors (Lipinski definition) is 3. The highest BCUT2D eigenvalue weighted by molar-refractivity contribution is 6.39. The summed E-state index contributed by atoms with van der Waals surface area (Å²) in [7, 11) is 0. The first-order valence-corrected chi connectivity index (χ1v) is 6.69. The van der Waals surface area contributed by atoms with Crippen molar-refractivity contribution in [3.8, 4) is 0 Å². The summed E-state index contributed by atoms with van der Waals surface area (Å²) in [6.07, 6.45) is -4.74. The van der Waals surface area contributed by atoms with E-state index in [1.54, 1.807) is 0 Å². The number of nitrogens with one attached hydrogen (secondary N) is 3. The number of amides is 3. The summed E-state index contributed by atoms with van der Waals surface area (Å²) in [5.74, 6) is -2.71. The third kappa shape index (κ3) is 6.15. The van der Waals surface area contributed by atoms with Crippen LogP contribution in [0.4, 0.5) is 18.9 Å². The Morgan fingerprint density at radius 2 is 1.70 bits per heavy atom. The molecular weight excluding hydrogens is 339 g/mol. The Morgan fingerprint density at radius 1 is 1.09 bits per heavy atom. The number of alkyl halides is 3. The Kier molecular flexibility index (Phi) is 6.38. The van der Waals surface area contributed by atoms with Crippen molar-refractivity contribution in [2.75, 3.05) is 18.4 Å². The van der Waals surface area contributed by atoms with Crippen LogP contribution in [0.25, 0.3) is 0 Å². The topological polar surface area (TPSA) is 87.3 Å². The minimum absolute atomic E-state index is 0.0431. The van der Waals surface area contributed by atoms with Crippen molar-refractivity contribution in [3.05, 3.63) is 28.8 Å². The maximum atomic E-state index is 12.9. The smallest absolute Gasteiger partial charge is 0.355 e. The molecule has 1 aromatic carbocycles. The number of benzene rings is 1. The lowest BCUT2D eigenvalue weighted by Crippen LogP contribution is -2.40. The van der Waals surface area contributed by atoms with Gasteiger partial charge in [-0.15, -0.1) is 0 Å². The second kappa shape index (κ2) is 7.82. The molecular formula is C13H13ClF3N3O3. The van der Waals surface area contributed by atoms with E-state index in [1.807, 2.05) is 5.32 Å². The van der Waals surface area contributed by atoms with Gasteiger partial charge in [-0.3, -0.25) is 14.4 Å². The SMILES string of the molecule is CC(=O)NCCNC(=O)C(=O)Nc1ccc(Cl)cc1C(F)(F)F. The van der Waals surface area contributed by atoms with E-state index in [0.717, 1.165) is 12.1 Å². The first kappa shape index (κ1) is 18.8. The van der Waals surface area contributed by atoms with Crippen LogP contribution in [0.3, 0.4) is 0 Å². The zero-order chi connectivity index (χ0) is 17.6. The van der Waals surface area contributed by atoms with E-state index < -0.39 is 29.2 Å². The van der Waals surface area contributed by atoms with Crippen LogP contribution in [0.2, 0.25) is 5.02 Å². The number of rotatable bonds is 4. The summed E-state index contributed by atoms with van der Waals surface area (Å²) in [6.45, 7) is 1.31. The molecule has 0 spiro atoms. The summed E-state index contributed by atoms with van der Waals surface area (Å²) < 4.78 is 38.6. The van der Waals surface area contributed by atoms with Crippen LogP contribution in [0.15, 0.2) is 18.2 Å². The van der Waals surface area contributed by atoms with Gasteiger partial charge in [-0.2, -0.15) is 13.2 Å². The lowest BCUT2D eigenvalue weighted by Gasteiger charge is -2.14. The summed E-state index contributed by atoms with van der Waals surface area (Å²) in [5, 5.41) is 6.25. The zero-order valence-electron chi connectivity index (χ0n) is 11.9. The lowest BCUT2D eigenvalue weighted by molar-refractivity contribution is -0.138. The summed E-state index contributed by atoms with van der Waals surface area (Å²) in [6, 6.07) is 2.75. The molecule has 0 bridgehead atoms. The molecule has 10 heteroatoms. The normalized spacial score (nSPS) is 10.8. The van der Waals surface area contributed by atoms with Gasteiger partial charge in [0.25, 0.3) is 0 Å². The highest BCUT2D eigenvalue weighted by Crippen LogP contribution is 2.36. The Bertz CT molecular complexity index is 620. The third-order valence-corrected chi connectivity index (χ3v) is 2.76. The van der Waals surface area contributed by atoms with Gasteiger partial charge in [-0.1, -0.05) is 11.6 Å². The van der Waals surface area contributed by atoms with Gasteiger partial charge in [-0.05, 0) is 18.2 Å². The molecule has 0 saturated carbocycles. The number of hydrogen-bond donors (Lipinski definition) is 3. The largest absolute Gasteiger partial charge is 0.418 e. The molecule has 0 unspecified atom stereocenters. The lowest BCUT2D eigenvalue weighted by atomic mass is 10.1. The molecule has 23 heavy (non-hydrogen) atoms. The molecule has 0 heterocycles. The molecule has 0 atom stereocenters. The maximum absolute atomic E-state index is 12.9. The van der Waals surface area contributed by atoms with Crippen molar-refractivity contribution in [1.29, 1.82) is 0 Å². The molecule has 0 radical (unpaired) electrons.